The Hall–Kier alpha value is -3.07. The zero-order chi connectivity index (χ0) is 19.6. The largest absolute Gasteiger partial charge is 0.462 e. The predicted octanol–water partition coefficient (Wildman–Crippen LogP) is 2.78. The summed E-state index contributed by atoms with van der Waals surface area (Å²) in [6.07, 6.45) is 2.15. The van der Waals surface area contributed by atoms with Crippen molar-refractivity contribution >= 4 is 33.5 Å². The third kappa shape index (κ3) is 3.72. The SMILES string of the molecule is CCOC(=O)c1sc2nc([C@H](C)OC(=O)c3cccnc3)[nH]c(=O)c2c1C. The molecule has 8 nitrogen and oxygen atoms in total. The van der Waals surface area contributed by atoms with Crippen LogP contribution in [0.5, 0.6) is 0 Å². The Morgan fingerprint density at radius 2 is 2.11 bits per heavy atom. The van der Waals surface area contributed by atoms with Crippen molar-refractivity contribution in [2.24, 2.45) is 0 Å². The van der Waals surface area contributed by atoms with Gasteiger partial charge in [0.15, 0.2) is 11.9 Å². The summed E-state index contributed by atoms with van der Waals surface area (Å²) in [6, 6.07) is 3.20. The van der Waals surface area contributed by atoms with Gasteiger partial charge in [-0.15, -0.1) is 11.3 Å². The number of nitrogens with zero attached hydrogens (tertiary/aromatic N) is 2. The lowest BCUT2D eigenvalue weighted by atomic mass is 10.2. The van der Waals surface area contributed by atoms with Gasteiger partial charge >= 0.3 is 11.9 Å². The number of hydrogen-bond donors (Lipinski definition) is 1. The number of thiophene rings is 1. The molecule has 0 spiro atoms. The first-order chi connectivity index (χ1) is 12.9. The van der Waals surface area contributed by atoms with Crippen LogP contribution in [0, 0.1) is 6.92 Å². The van der Waals surface area contributed by atoms with E-state index in [1.807, 2.05) is 0 Å². The lowest BCUT2D eigenvalue weighted by molar-refractivity contribution is 0.0319. The summed E-state index contributed by atoms with van der Waals surface area (Å²) in [5.74, 6) is -0.871. The van der Waals surface area contributed by atoms with Gasteiger partial charge in [0.05, 0.1) is 17.6 Å². The van der Waals surface area contributed by atoms with Crippen molar-refractivity contribution in [1.82, 2.24) is 15.0 Å². The third-order valence-electron chi connectivity index (χ3n) is 3.85. The van der Waals surface area contributed by atoms with Crippen molar-refractivity contribution in [3.63, 3.8) is 0 Å². The highest BCUT2D eigenvalue weighted by Gasteiger charge is 2.22. The second-order valence-corrected chi connectivity index (χ2v) is 6.70. The normalized spacial score (nSPS) is 12.0. The fourth-order valence-corrected chi connectivity index (χ4v) is 3.59. The Bertz CT molecular complexity index is 1060. The molecule has 27 heavy (non-hydrogen) atoms. The molecule has 0 aliphatic rings. The molecule has 1 N–H and O–H groups in total. The molecule has 3 heterocycles. The van der Waals surface area contributed by atoms with Crippen LogP contribution in [0.25, 0.3) is 10.2 Å². The van der Waals surface area contributed by atoms with Crippen LogP contribution >= 0.6 is 11.3 Å². The summed E-state index contributed by atoms with van der Waals surface area (Å²) in [6.45, 7) is 5.23. The molecule has 0 aliphatic heterocycles. The molecule has 0 bridgehead atoms. The first-order valence-corrected chi connectivity index (χ1v) is 9.05. The number of rotatable bonds is 5. The minimum absolute atomic E-state index is 0.196. The molecular weight excluding hydrogens is 370 g/mol. The summed E-state index contributed by atoms with van der Waals surface area (Å²) in [4.78, 5) is 48.3. The monoisotopic (exact) mass is 387 g/mol. The highest BCUT2D eigenvalue weighted by atomic mass is 32.1. The summed E-state index contributed by atoms with van der Waals surface area (Å²) in [7, 11) is 0. The predicted molar refractivity (Wildman–Crippen MR) is 99.0 cm³/mol. The molecule has 0 saturated heterocycles. The average Bonchev–Trinajstić information content (AvgIpc) is 2.99. The number of esters is 2. The van der Waals surface area contributed by atoms with Crippen molar-refractivity contribution < 1.29 is 19.1 Å². The fraction of sp³-hybridized carbons (Fsp3) is 0.278. The number of pyridine rings is 1. The van der Waals surface area contributed by atoms with E-state index in [1.54, 1.807) is 39.1 Å². The summed E-state index contributed by atoms with van der Waals surface area (Å²) in [5.41, 5.74) is 0.418. The average molecular weight is 387 g/mol. The van der Waals surface area contributed by atoms with E-state index in [2.05, 4.69) is 15.0 Å². The Morgan fingerprint density at radius 1 is 1.33 bits per heavy atom. The van der Waals surface area contributed by atoms with Gasteiger partial charge in [0.25, 0.3) is 5.56 Å². The number of nitrogens with one attached hydrogen (secondary N) is 1. The number of carbonyl (C=O) groups is 2. The maximum Gasteiger partial charge on any atom is 0.348 e. The topological polar surface area (TPSA) is 111 Å². The molecule has 0 saturated carbocycles. The zero-order valence-electron chi connectivity index (χ0n) is 14.9. The quantitative estimate of drug-likeness (QED) is 0.670. The third-order valence-corrected chi connectivity index (χ3v) is 5.01. The van der Waals surface area contributed by atoms with Crippen molar-refractivity contribution in [3.8, 4) is 0 Å². The number of aryl methyl sites for hydroxylation is 1. The van der Waals surface area contributed by atoms with Crippen LogP contribution in [0.3, 0.4) is 0 Å². The second-order valence-electron chi connectivity index (χ2n) is 5.70. The minimum atomic E-state index is -0.789. The Balaban J connectivity index is 1.92. The van der Waals surface area contributed by atoms with Crippen LogP contribution < -0.4 is 5.56 Å². The molecule has 1 atom stereocenters. The van der Waals surface area contributed by atoms with Crippen LogP contribution in [0.1, 0.15) is 51.4 Å². The number of aromatic nitrogens is 3. The smallest absolute Gasteiger partial charge is 0.348 e. The molecule has 0 unspecified atom stereocenters. The van der Waals surface area contributed by atoms with Crippen LogP contribution in [-0.4, -0.2) is 33.5 Å². The van der Waals surface area contributed by atoms with E-state index in [-0.39, 0.29) is 12.4 Å². The molecule has 3 aromatic rings. The fourth-order valence-electron chi connectivity index (χ4n) is 2.51. The zero-order valence-corrected chi connectivity index (χ0v) is 15.8. The summed E-state index contributed by atoms with van der Waals surface area (Å²) >= 11 is 1.08. The van der Waals surface area contributed by atoms with Crippen molar-refractivity contribution in [2.75, 3.05) is 6.61 Å². The van der Waals surface area contributed by atoms with E-state index in [9.17, 15) is 14.4 Å². The van der Waals surface area contributed by atoms with Crippen LogP contribution in [0.2, 0.25) is 0 Å². The van der Waals surface area contributed by atoms with Gasteiger partial charge in [-0.05, 0) is 38.5 Å². The molecule has 0 amide bonds. The van der Waals surface area contributed by atoms with E-state index in [0.717, 1.165) is 11.3 Å². The molecule has 3 aromatic heterocycles. The lowest BCUT2D eigenvalue weighted by Crippen LogP contribution is -2.17. The van der Waals surface area contributed by atoms with Gasteiger partial charge in [0.1, 0.15) is 9.71 Å². The molecule has 0 aliphatic carbocycles. The highest BCUT2D eigenvalue weighted by molar-refractivity contribution is 7.20. The molecule has 0 radical (unpaired) electrons. The Kier molecular flexibility index (Phi) is 5.31. The van der Waals surface area contributed by atoms with Gasteiger partial charge in [-0.2, -0.15) is 0 Å². The second kappa shape index (κ2) is 7.67. The Labute approximate surface area is 158 Å². The van der Waals surface area contributed by atoms with E-state index in [0.29, 0.717) is 26.2 Å². The van der Waals surface area contributed by atoms with Gasteiger partial charge in [0.2, 0.25) is 0 Å². The number of hydrogen-bond acceptors (Lipinski definition) is 8. The first kappa shape index (κ1) is 18.7. The minimum Gasteiger partial charge on any atom is -0.462 e. The van der Waals surface area contributed by atoms with Gasteiger partial charge in [0, 0.05) is 12.4 Å². The number of carbonyl (C=O) groups excluding carboxylic acids is 2. The van der Waals surface area contributed by atoms with Crippen LogP contribution in [-0.2, 0) is 9.47 Å². The molecule has 3 rings (SSSR count). The van der Waals surface area contributed by atoms with Gasteiger partial charge < -0.3 is 14.5 Å². The number of ether oxygens (including phenoxy) is 2. The van der Waals surface area contributed by atoms with E-state index in [1.165, 1.54) is 6.20 Å². The standard InChI is InChI=1S/C18H17N3O5S/c1-4-25-18(24)13-9(2)12-15(22)20-14(21-16(12)27-13)10(3)26-17(23)11-6-5-7-19-8-11/h5-8,10H,4H2,1-3H3,(H,20,21,22)/t10-/m0/s1. The number of fused-ring (bicyclic) bond motifs is 1. The van der Waals surface area contributed by atoms with Crippen molar-refractivity contribution in [1.29, 1.82) is 0 Å². The van der Waals surface area contributed by atoms with Gasteiger partial charge in [-0.3, -0.25) is 9.78 Å². The number of aromatic amines is 1. The van der Waals surface area contributed by atoms with Crippen molar-refractivity contribution in [2.45, 2.75) is 26.9 Å². The highest BCUT2D eigenvalue weighted by Crippen LogP contribution is 2.28. The first-order valence-electron chi connectivity index (χ1n) is 8.23. The van der Waals surface area contributed by atoms with Crippen molar-refractivity contribution in [3.05, 3.63) is 56.7 Å². The van der Waals surface area contributed by atoms with E-state index < -0.39 is 23.6 Å². The van der Waals surface area contributed by atoms with E-state index in [4.69, 9.17) is 9.47 Å². The molecule has 0 aromatic carbocycles. The van der Waals surface area contributed by atoms with E-state index >= 15 is 0 Å². The van der Waals surface area contributed by atoms with Crippen LogP contribution in [0.4, 0.5) is 0 Å². The number of H-pyrrole nitrogens is 1. The van der Waals surface area contributed by atoms with Crippen LogP contribution in [0.15, 0.2) is 29.3 Å². The summed E-state index contributed by atoms with van der Waals surface area (Å²) < 4.78 is 10.4. The molecular formula is C18H17N3O5S. The maximum atomic E-state index is 12.5. The molecule has 9 heteroatoms. The lowest BCUT2D eigenvalue weighted by Gasteiger charge is -2.12. The molecule has 140 valence electrons. The maximum absolute atomic E-state index is 12.5. The van der Waals surface area contributed by atoms with Gasteiger partial charge in [-0.1, -0.05) is 0 Å². The van der Waals surface area contributed by atoms with Gasteiger partial charge in [-0.25, -0.2) is 14.6 Å². The molecule has 0 fully saturated rings. The Morgan fingerprint density at radius 3 is 2.78 bits per heavy atom. The summed E-state index contributed by atoms with van der Waals surface area (Å²) in [5, 5.41) is 0.331.